The van der Waals surface area contributed by atoms with Gasteiger partial charge in [-0.3, -0.25) is 9.59 Å². The predicted octanol–water partition coefficient (Wildman–Crippen LogP) is 2.61. The average Bonchev–Trinajstić information content (AvgIpc) is 3.15. The summed E-state index contributed by atoms with van der Waals surface area (Å²) in [5, 5.41) is 2.75. The molecular formula is C23H24N4O5S2. The number of rotatable bonds is 6. The lowest BCUT2D eigenvalue weighted by molar-refractivity contribution is -0.114. The molecule has 1 fully saturated rings. The number of nitrogens with zero attached hydrogens (tertiary/aromatic N) is 3. The third-order valence-corrected chi connectivity index (χ3v) is 8.18. The molecule has 2 heterocycles. The van der Waals surface area contributed by atoms with Crippen LogP contribution in [0.25, 0.3) is 10.2 Å². The number of carbonyl (C=O) groups is 2. The lowest BCUT2D eigenvalue weighted by Crippen LogP contribution is -2.40. The van der Waals surface area contributed by atoms with E-state index in [0.717, 1.165) is 10.2 Å². The molecule has 178 valence electrons. The highest BCUT2D eigenvalue weighted by Crippen LogP contribution is 2.23. The molecule has 0 bridgehead atoms. The van der Waals surface area contributed by atoms with Crippen molar-refractivity contribution < 1.29 is 22.7 Å². The summed E-state index contributed by atoms with van der Waals surface area (Å²) in [6.45, 7) is 6.99. The number of allylic oxidation sites excluding steroid dienone is 1. The Morgan fingerprint density at radius 3 is 2.53 bits per heavy atom. The maximum Gasteiger partial charge on any atom is 0.279 e. The molecule has 0 atom stereocenters. The van der Waals surface area contributed by atoms with Crippen LogP contribution in [0.1, 0.15) is 17.3 Å². The highest BCUT2D eigenvalue weighted by Gasteiger charge is 2.26. The largest absolute Gasteiger partial charge is 0.379 e. The van der Waals surface area contributed by atoms with E-state index in [1.165, 1.54) is 46.8 Å². The highest BCUT2D eigenvalue weighted by atomic mass is 32.2. The molecule has 1 N–H and O–H groups in total. The van der Waals surface area contributed by atoms with Crippen LogP contribution in [-0.2, 0) is 26.1 Å². The summed E-state index contributed by atoms with van der Waals surface area (Å²) in [6.07, 6.45) is 1.71. The molecule has 1 saturated heterocycles. The second kappa shape index (κ2) is 10.0. The van der Waals surface area contributed by atoms with Gasteiger partial charge < -0.3 is 14.6 Å². The van der Waals surface area contributed by atoms with Crippen molar-refractivity contribution in [1.29, 1.82) is 0 Å². The van der Waals surface area contributed by atoms with Crippen molar-refractivity contribution in [2.45, 2.75) is 18.4 Å². The fourth-order valence-electron chi connectivity index (χ4n) is 3.60. The Labute approximate surface area is 201 Å². The minimum atomic E-state index is -3.64. The molecule has 1 aliphatic rings. The van der Waals surface area contributed by atoms with Gasteiger partial charge in [-0.2, -0.15) is 9.30 Å². The fourth-order valence-corrected chi connectivity index (χ4v) is 6.09. The molecule has 9 nitrogen and oxygen atoms in total. The number of morpholine rings is 1. The summed E-state index contributed by atoms with van der Waals surface area (Å²) in [4.78, 5) is 29.1. The van der Waals surface area contributed by atoms with Crippen molar-refractivity contribution in [2.75, 3.05) is 31.6 Å². The summed E-state index contributed by atoms with van der Waals surface area (Å²) in [6, 6.07) is 11.3. The molecule has 3 aromatic rings. The third-order valence-electron chi connectivity index (χ3n) is 5.22. The number of aromatic nitrogens is 1. The first-order valence-corrected chi connectivity index (χ1v) is 12.8. The number of ether oxygens (including phenoxy) is 1. The first kappa shape index (κ1) is 24.0. The minimum Gasteiger partial charge on any atom is -0.379 e. The van der Waals surface area contributed by atoms with Gasteiger partial charge >= 0.3 is 0 Å². The Kier molecular flexibility index (Phi) is 7.08. The van der Waals surface area contributed by atoms with Gasteiger partial charge in [0.2, 0.25) is 15.9 Å². The number of fused-ring (bicyclic) bond motifs is 1. The van der Waals surface area contributed by atoms with Gasteiger partial charge in [0.15, 0.2) is 4.80 Å². The second-order valence-electron chi connectivity index (χ2n) is 7.61. The van der Waals surface area contributed by atoms with Gasteiger partial charge in [-0.1, -0.05) is 17.4 Å². The first-order chi connectivity index (χ1) is 16.3. The van der Waals surface area contributed by atoms with Crippen molar-refractivity contribution in [2.24, 2.45) is 4.99 Å². The predicted molar refractivity (Wildman–Crippen MR) is 130 cm³/mol. The van der Waals surface area contributed by atoms with Gasteiger partial charge in [-0.05, 0) is 42.5 Å². The maximum atomic E-state index is 12.9. The van der Waals surface area contributed by atoms with Crippen molar-refractivity contribution in [3.05, 3.63) is 65.5 Å². The van der Waals surface area contributed by atoms with E-state index in [1.807, 2.05) is 16.7 Å². The molecule has 0 unspecified atom stereocenters. The quantitative estimate of drug-likeness (QED) is 0.523. The van der Waals surface area contributed by atoms with Crippen LogP contribution in [0.15, 0.2) is 65.0 Å². The Hall–Kier alpha value is -3.12. The van der Waals surface area contributed by atoms with E-state index in [4.69, 9.17) is 4.74 Å². The van der Waals surface area contributed by atoms with Crippen LogP contribution in [0.4, 0.5) is 5.69 Å². The number of sulfonamides is 1. The molecular weight excluding hydrogens is 476 g/mol. The van der Waals surface area contributed by atoms with Gasteiger partial charge in [-0.25, -0.2) is 8.42 Å². The number of thiazole rings is 1. The number of anilines is 1. The summed E-state index contributed by atoms with van der Waals surface area (Å²) < 4.78 is 34.9. The summed E-state index contributed by atoms with van der Waals surface area (Å²) in [7, 11) is -3.64. The number of nitrogens with one attached hydrogen (secondary N) is 1. The molecule has 11 heteroatoms. The van der Waals surface area contributed by atoms with E-state index in [-0.39, 0.29) is 16.4 Å². The van der Waals surface area contributed by atoms with Crippen LogP contribution >= 0.6 is 11.3 Å². The van der Waals surface area contributed by atoms with Gasteiger partial charge in [0.05, 0.1) is 28.3 Å². The molecule has 1 aromatic heterocycles. The van der Waals surface area contributed by atoms with E-state index in [2.05, 4.69) is 16.9 Å². The smallest absolute Gasteiger partial charge is 0.279 e. The molecule has 0 spiro atoms. The summed E-state index contributed by atoms with van der Waals surface area (Å²) in [5.41, 5.74) is 1.79. The normalized spacial score (nSPS) is 15.4. The molecule has 1 aliphatic heterocycles. The third kappa shape index (κ3) is 5.02. The van der Waals surface area contributed by atoms with Crippen LogP contribution in [0.2, 0.25) is 0 Å². The van der Waals surface area contributed by atoms with Crippen molar-refractivity contribution >= 4 is 49.1 Å². The number of benzene rings is 2. The van der Waals surface area contributed by atoms with Crippen LogP contribution in [0.5, 0.6) is 0 Å². The average molecular weight is 501 g/mol. The van der Waals surface area contributed by atoms with Crippen LogP contribution in [0, 0.1) is 0 Å². The van der Waals surface area contributed by atoms with Crippen molar-refractivity contribution in [3.63, 3.8) is 0 Å². The summed E-state index contributed by atoms with van der Waals surface area (Å²) >= 11 is 1.32. The van der Waals surface area contributed by atoms with Gasteiger partial charge in [0.25, 0.3) is 5.91 Å². The standard InChI is InChI=1S/C23H24N4O5S2/c1-3-10-27-20-9-6-18(24-16(2)28)15-21(20)33-23(27)25-22(29)17-4-7-19(8-5-17)34(30,31)26-11-13-32-14-12-26/h3-9,15H,1,10-14H2,2H3,(H,24,28). The Morgan fingerprint density at radius 1 is 1.18 bits per heavy atom. The van der Waals surface area contributed by atoms with Crippen LogP contribution < -0.4 is 10.1 Å². The van der Waals surface area contributed by atoms with Crippen molar-refractivity contribution in [3.8, 4) is 0 Å². The number of hydrogen-bond acceptors (Lipinski definition) is 6. The molecule has 34 heavy (non-hydrogen) atoms. The number of amides is 2. The fraction of sp³-hybridized carbons (Fsp3) is 0.261. The Balaban J connectivity index is 1.65. The first-order valence-electron chi connectivity index (χ1n) is 10.6. The Bertz CT molecular complexity index is 1420. The second-order valence-corrected chi connectivity index (χ2v) is 10.6. The molecule has 0 aliphatic carbocycles. The van der Waals surface area contributed by atoms with Gasteiger partial charge in [-0.15, -0.1) is 6.58 Å². The zero-order chi connectivity index (χ0) is 24.3. The lowest BCUT2D eigenvalue weighted by atomic mass is 10.2. The number of carbonyl (C=O) groups excluding carboxylic acids is 2. The molecule has 0 saturated carbocycles. The van der Waals surface area contributed by atoms with Gasteiger partial charge in [0, 0.05) is 37.8 Å². The summed E-state index contributed by atoms with van der Waals surface area (Å²) in [5.74, 6) is -0.657. The van der Waals surface area contributed by atoms with Crippen molar-refractivity contribution in [1.82, 2.24) is 8.87 Å². The van der Waals surface area contributed by atoms with E-state index in [0.29, 0.717) is 43.3 Å². The molecule has 2 aromatic carbocycles. The maximum absolute atomic E-state index is 12.9. The monoisotopic (exact) mass is 500 g/mol. The molecule has 4 rings (SSSR count). The lowest BCUT2D eigenvalue weighted by Gasteiger charge is -2.26. The van der Waals surface area contributed by atoms with E-state index < -0.39 is 15.9 Å². The molecule has 0 radical (unpaired) electrons. The Morgan fingerprint density at radius 2 is 1.88 bits per heavy atom. The SMILES string of the molecule is C=CCn1c(=NC(=O)c2ccc(S(=O)(=O)N3CCOCC3)cc2)sc2cc(NC(C)=O)ccc21. The highest BCUT2D eigenvalue weighted by molar-refractivity contribution is 7.89. The zero-order valence-corrected chi connectivity index (χ0v) is 20.2. The topological polar surface area (TPSA) is 110 Å². The van der Waals surface area contributed by atoms with E-state index >= 15 is 0 Å². The minimum absolute atomic E-state index is 0.125. The number of hydrogen-bond donors (Lipinski definition) is 1. The zero-order valence-electron chi connectivity index (χ0n) is 18.6. The van der Waals surface area contributed by atoms with Crippen LogP contribution in [0.3, 0.4) is 0 Å². The van der Waals surface area contributed by atoms with Gasteiger partial charge in [0.1, 0.15) is 0 Å². The van der Waals surface area contributed by atoms with E-state index in [9.17, 15) is 18.0 Å². The molecule has 2 amide bonds. The van der Waals surface area contributed by atoms with E-state index in [1.54, 1.807) is 12.1 Å². The van der Waals surface area contributed by atoms with Crippen LogP contribution in [-0.4, -0.2) is 55.4 Å².